The highest BCUT2D eigenvalue weighted by atomic mass is 32.2. The second kappa shape index (κ2) is 4.34. The predicted molar refractivity (Wildman–Crippen MR) is 65.3 cm³/mol. The molecule has 2 aliphatic rings. The van der Waals surface area contributed by atoms with Crippen LogP contribution in [0.25, 0.3) is 0 Å². The van der Waals surface area contributed by atoms with Crippen LogP contribution < -0.4 is 0 Å². The lowest BCUT2D eigenvalue weighted by molar-refractivity contribution is -0.137. The maximum atomic E-state index is 11.3. The van der Waals surface area contributed by atoms with E-state index in [1.807, 2.05) is 29.9 Å². The summed E-state index contributed by atoms with van der Waals surface area (Å²) >= 11 is 3.43. The minimum absolute atomic E-state index is 0.227. The van der Waals surface area contributed by atoms with E-state index in [1.165, 1.54) is 5.57 Å². The number of thioether (sulfide) groups is 2. The van der Waals surface area contributed by atoms with Crippen molar-refractivity contribution in [2.75, 3.05) is 11.5 Å². The molecule has 1 aromatic heterocycles. The first-order valence-corrected chi connectivity index (χ1v) is 7.25. The number of rotatable bonds is 3. The third-order valence-electron chi connectivity index (χ3n) is 2.70. The van der Waals surface area contributed by atoms with Gasteiger partial charge in [0.1, 0.15) is 0 Å². The Kier molecular flexibility index (Phi) is 2.83. The molecule has 3 heterocycles. The molecule has 1 atom stereocenters. The summed E-state index contributed by atoms with van der Waals surface area (Å²) in [6.45, 7) is 0. The van der Waals surface area contributed by atoms with Crippen LogP contribution in [0.15, 0.2) is 16.9 Å². The van der Waals surface area contributed by atoms with E-state index < -0.39 is 0 Å². The van der Waals surface area contributed by atoms with Gasteiger partial charge in [-0.2, -0.15) is 0 Å². The monoisotopic (exact) mass is 269 g/mol. The average Bonchev–Trinajstić information content (AvgIpc) is 2.72. The van der Waals surface area contributed by atoms with Gasteiger partial charge in [-0.05, 0) is 16.0 Å². The lowest BCUT2D eigenvalue weighted by Crippen LogP contribution is -2.49. The molecule has 0 N–H and O–H groups in total. The van der Waals surface area contributed by atoms with E-state index in [1.54, 1.807) is 16.4 Å². The van der Waals surface area contributed by atoms with Crippen molar-refractivity contribution in [2.45, 2.75) is 17.0 Å². The van der Waals surface area contributed by atoms with Gasteiger partial charge in [-0.3, -0.25) is 4.79 Å². The highest BCUT2D eigenvalue weighted by Crippen LogP contribution is 2.36. The minimum Gasteiger partial charge on any atom is -0.306 e. The lowest BCUT2D eigenvalue weighted by atomic mass is 10.2. The minimum atomic E-state index is 0.227. The molecule has 0 bridgehead atoms. The second-order valence-corrected chi connectivity index (χ2v) is 6.04. The molecule has 1 saturated heterocycles. The van der Waals surface area contributed by atoms with Crippen molar-refractivity contribution in [2.24, 2.45) is 7.05 Å². The molecule has 6 nitrogen and oxygen atoms in total. The summed E-state index contributed by atoms with van der Waals surface area (Å²) in [5.74, 6) is 2.05. The zero-order valence-electron chi connectivity index (χ0n) is 9.24. The van der Waals surface area contributed by atoms with Gasteiger partial charge in [0.05, 0.1) is 11.8 Å². The summed E-state index contributed by atoms with van der Waals surface area (Å²) in [6.07, 6.45) is 2.68. The van der Waals surface area contributed by atoms with Crippen LogP contribution in [0.3, 0.4) is 0 Å². The Morgan fingerprint density at radius 2 is 2.53 bits per heavy atom. The number of aromatic nitrogens is 4. The van der Waals surface area contributed by atoms with Crippen molar-refractivity contribution >= 4 is 29.4 Å². The largest absolute Gasteiger partial charge is 0.306 e. The van der Waals surface area contributed by atoms with E-state index in [0.29, 0.717) is 11.8 Å². The fraction of sp³-hybridized carbons (Fsp3) is 0.556. The summed E-state index contributed by atoms with van der Waals surface area (Å²) in [4.78, 5) is 13.2. The van der Waals surface area contributed by atoms with Gasteiger partial charge in [0.15, 0.2) is 0 Å². The molecular formula is C9H11N5OS2. The number of carbonyl (C=O) groups is 1. The van der Waals surface area contributed by atoms with Gasteiger partial charge >= 0.3 is 0 Å². The maximum Gasteiger partial charge on any atom is 0.230 e. The number of carbonyl (C=O) groups excluding carboxylic acids is 1. The Morgan fingerprint density at radius 1 is 1.65 bits per heavy atom. The van der Waals surface area contributed by atoms with Crippen LogP contribution in [-0.2, 0) is 11.8 Å². The zero-order valence-corrected chi connectivity index (χ0v) is 10.9. The normalized spacial score (nSPS) is 23.1. The van der Waals surface area contributed by atoms with Crippen molar-refractivity contribution in [3.8, 4) is 0 Å². The molecule has 1 amide bonds. The molecule has 0 spiro atoms. The van der Waals surface area contributed by atoms with E-state index >= 15 is 0 Å². The molecule has 17 heavy (non-hydrogen) atoms. The quantitative estimate of drug-likeness (QED) is 0.588. The van der Waals surface area contributed by atoms with Crippen molar-refractivity contribution in [1.82, 2.24) is 25.1 Å². The SMILES string of the molecule is Cn1nnnc1SCC1=CN2C(=O)C[C@H]2SC1. The molecule has 90 valence electrons. The molecule has 1 aromatic rings. The van der Waals surface area contributed by atoms with Crippen LogP contribution in [0.2, 0.25) is 0 Å². The molecule has 2 aliphatic heterocycles. The first-order valence-electron chi connectivity index (χ1n) is 5.21. The number of nitrogens with zero attached hydrogens (tertiary/aromatic N) is 5. The van der Waals surface area contributed by atoms with Gasteiger partial charge < -0.3 is 4.90 Å². The fourth-order valence-electron chi connectivity index (χ4n) is 1.71. The first kappa shape index (κ1) is 11.1. The second-order valence-electron chi connectivity index (χ2n) is 3.93. The number of hydrogen-bond acceptors (Lipinski definition) is 6. The molecule has 0 unspecified atom stereocenters. The highest BCUT2D eigenvalue weighted by molar-refractivity contribution is 8.00. The summed E-state index contributed by atoms with van der Waals surface area (Å²) < 4.78 is 1.65. The molecule has 1 fully saturated rings. The van der Waals surface area contributed by atoms with E-state index in [2.05, 4.69) is 15.5 Å². The van der Waals surface area contributed by atoms with Gasteiger partial charge in [0, 0.05) is 24.8 Å². The van der Waals surface area contributed by atoms with Crippen molar-refractivity contribution in [1.29, 1.82) is 0 Å². The van der Waals surface area contributed by atoms with Crippen LogP contribution in [0.1, 0.15) is 6.42 Å². The van der Waals surface area contributed by atoms with E-state index in [0.717, 1.165) is 16.7 Å². The van der Waals surface area contributed by atoms with Crippen molar-refractivity contribution < 1.29 is 4.79 Å². The number of hydrogen-bond donors (Lipinski definition) is 0. The predicted octanol–water partition coefficient (Wildman–Crippen LogP) is 0.491. The van der Waals surface area contributed by atoms with Crippen LogP contribution in [0.4, 0.5) is 0 Å². The van der Waals surface area contributed by atoms with Gasteiger partial charge in [-0.15, -0.1) is 16.9 Å². The summed E-state index contributed by atoms with van der Waals surface area (Å²) in [6, 6.07) is 0. The maximum absolute atomic E-state index is 11.3. The van der Waals surface area contributed by atoms with Crippen LogP contribution in [-0.4, -0.2) is 47.9 Å². The van der Waals surface area contributed by atoms with Crippen molar-refractivity contribution in [3.63, 3.8) is 0 Å². The van der Waals surface area contributed by atoms with Crippen LogP contribution >= 0.6 is 23.5 Å². The molecule has 0 aromatic carbocycles. The topological polar surface area (TPSA) is 63.9 Å². The van der Waals surface area contributed by atoms with E-state index in [-0.39, 0.29) is 5.91 Å². The van der Waals surface area contributed by atoms with Crippen LogP contribution in [0.5, 0.6) is 0 Å². The first-order chi connectivity index (χ1) is 8.24. The zero-order chi connectivity index (χ0) is 11.8. The average molecular weight is 269 g/mol. The van der Waals surface area contributed by atoms with Gasteiger partial charge in [0.2, 0.25) is 11.1 Å². The standard InChI is InChI=1S/C9H11N5OS2/c1-13-9(10-11-12-13)17-5-6-3-14-7(15)2-8(14)16-4-6/h3,8H,2,4-5H2,1H3/t8-/m1/s1. The highest BCUT2D eigenvalue weighted by Gasteiger charge is 2.37. The number of amides is 1. The van der Waals surface area contributed by atoms with Crippen LogP contribution in [0, 0.1) is 0 Å². The van der Waals surface area contributed by atoms with Gasteiger partial charge in [0.25, 0.3) is 0 Å². The Hall–Kier alpha value is -1.02. The summed E-state index contributed by atoms with van der Waals surface area (Å²) in [5, 5.41) is 12.5. The summed E-state index contributed by atoms with van der Waals surface area (Å²) in [7, 11) is 1.82. The molecule has 0 radical (unpaired) electrons. The Morgan fingerprint density at radius 3 is 3.24 bits per heavy atom. The fourth-order valence-corrected chi connectivity index (χ4v) is 3.83. The van der Waals surface area contributed by atoms with Gasteiger partial charge in [-0.1, -0.05) is 11.8 Å². The molecule has 0 saturated carbocycles. The number of β-lactam (4-membered cyclic amide) rings is 1. The Bertz CT molecular complexity index is 485. The van der Waals surface area contributed by atoms with E-state index in [4.69, 9.17) is 0 Å². The Labute approximate surface area is 107 Å². The summed E-state index contributed by atoms with van der Waals surface area (Å²) in [5.41, 5.74) is 1.26. The molecule has 0 aliphatic carbocycles. The van der Waals surface area contributed by atoms with Crippen molar-refractivity contribution in [3.05, 3.63) is 11.8 Å². The third-order valence-corrected chi connectivity index (χ3v) is 5.13. The smallest absolute Gasteiger partial charge is 0.230 e. The Balaban J connectivity index is 1.62. The molecule has 8 heteroatoms. The number of tetrazole rings is 1. The lowest BCUT2D eigenvalue weighted by Gasteiger charge is -2.41. The van der Waals surface area contributed by atoms with Gasteiger partial charge in [-0.25, -0.2) is 4.68 Å². The number of fused-ring (bicyclic) bond motifs is 1. The number of aryl methyl sites for hydroxylation is 1. The molecule has 3 rings (SSSR count). The third kappa shape index (κ3) is 2.06. The molecular weight excluding hydrogens is 258 g/mol. The van der Waals surface area contributed by atoms with E-state index in [9.17, 15) is 4.79 Å².